The van der Waals surface area contributed by atoms with Gasteiger partial charge in [-0.1, -0.05) is 35.9 Å². The molecule has 0 saturated carbocycles. The van der Waals surface area contributed by atoms with Crippen LogP contribution in [0.3, 0.4) is 0 Å². The number of aryl methyl sites for hydroxylation is 1. The molecule has 0 bridgehead atoms. The fourth-order valence-electron chi connectivity index (χ4n) is 2.81. The molecule has 0 aliphatic heterocycles. The summed E-state index contributed by atoms with van der Waals surface area (Å²) in [6.45, 7) is 2.09. The summed E-state index contributed by atoms with van der Waals surface area (Å²) in [5.74, 6) is 0. The number of carbonyl (C=O) groups is 1. The van der Waals surface area contributed by atoms with E-state index < -0.39 is 15.3 Å². The first-order chi connectivity index (χ1) is 11.9. The number of ether oxygens (including phenoxy) is 1. The number of carbonyl (C=O) groups excluding carboxylic acids is 1. The van der Waals surface area contributed by atoms with Crippen LogP contribution in [0.4, 0.5) is 0 Å². The van der Waals surface area contributed by atoms with E-state index in [-0.39, 0.29) is 17.9 Å². The van der Waals surface area contributed by atoms with E-state index in [0.717, 1.165) is 16.5 Å². The average Bonchev–Trinajstić information content (AvgIpc) is 2.91. The van der Waals surface area contributed by atoms with E-state index >= 15 is 0 Å². The van der Waals surface area contributed by atoms with E-state index in [0.29, 0.717) is 5.02 Å². The molecule has 1 aromatic heterocycles. The maximum absolute atomic E-state index is 12.9. The number of fused-ring (bicyclic) bond motifs is 1. The molecule has 0 spiro atoms. The minimum absolute atomic E-state index is 0.0120. The molecule has 0 fully saturated rings. The SMILES string of the molecule is Cc1cn(CC(OC=O)S(=O)(=O)c2cccc(Cl)c2)c2ccccc12. The summed E-state index contributed by atoms with van der Waals surface area (Å²) >= 11 is 5.89. The Kier molecular flexibility index (Phi) is 4.83. The van der Waals surface area contributed by atoms with Crippen LogP contribution < -0.4 is 0 Å². The van der Waals surface area contributed by atoms with Gasteiger partial charge in [-0.3, -0.25) is 4.79 Å². The van der Waals surface area contributed by atoms with Crippen molar-refractivity contribution in [2.45, 2.75) is 23.8 Å². The van der Waals surface area contributed by atoms with Gasteiger partial charge in [-0.2, -0.15) is 0 Å². The van der Waals surface area contributed by atoms with Crippen LogP contribution >= 0.6 is 11.6 Å². The van der Waals surface area contributed by atoms with Crippen LogP contribution in [0.15, 0.2) is 59.6 Å². The number of sulfone groups is 1. The largest absolute Gasteiger partial charge is 0.446 e. The summed E-state index contributed by atoms with van der Waals surface area (Å²) in [6, 6.07) is 13.6. The van der Waals surface area contributed by atoms with Gasteiger partial charge in [0.1, 0.15) is 0 Å². The van der Waals surface area contributed by atoms with Crippen LogP contribution in [0.5, 0.6) is 0 Å². The van der Waals surface area contributed by atoms with Crippen LogP contribution in [-0.4, -0.2) is 24.9 Å². The molecule has 1 atom stereocenters. The van der Waals surface area contributed by atoms with Crippen molar-refractivity contribution in [3.8, 4) is 0 Å². The Labute approximate surface area is 150 Å². The standard InChI is InChI=1S/C18H16ClNO4S/c1-13-10-20(17-8-3-2-7-16(13)17)11-18(24-12-21)25(22,23)15-6-4-5-14(19)9-15/h2-10,12,18H,11H2,1H3. The zero-order chi connectivity index (χ0) is 18.0. The third-order valence-electron chi connectivity index (χ3n) is 4.01. The van der Waals surface area contributed by atoms with Crippen LogP contribution in [0, 0.1) is 6.92 Å². The smallest absolute Gasteiger partial charge is 0.294 e. The number of halogens is 1. The number of para-hydroxylation sites is 1. The van der Waals surface area contributed by atoms with Gasteiger partial charge in [0.25, 0.3) is 6.47 Å². The first-order valence-corrected chi connectivity index (χ1v) is 9.49. The Balaban J connectivity index is 2.02. The molecular formula is C18H16ClNO4S. The average molecular weight is 378 g/mol. The van der Waals surface area contributed by atoms with Gasteiger partial charge in [-0.15, -0.1) is 0 Å². The highest BCUT2D eigenvalue weighted by molar-refractivity contribution is 7.92. The molecule has 0 aliphatic rings. The van der Waals surface area contributed by atoms with Crippen molar-refractivity contribution < 1.29 is 17.9 Å². The molecule has 0 amide bonds. The van der Waals surface area contributed by atoms with Gasteiger partial charge >= 0.3 is 0 Å². The number of rotatable bonds is 6. The van der Waals surface area contributed by atoms with Gasteiger partial charge in [0.05, 0.1) is 11.4 Å². The second kappa shape index (κ2) is 6.90. The lowest BCUT2D eigenvalue weighted by molar-refractivity contribution is -0.130. The second-order valence-electron chi connectivity index (χ2n) is 5.65. The van der Waals surface area contributed by atoms with Crippen LogP contribution in [0.1, 0.15) is 5.56 Å². The van der Waals surface area contributed by atoms with Gasteiger partial charge < -0.3 is 9.30 Å². The van der Waals surface area contributed by atoms with Crippen LogP contribution in [0.25, 0.3) is 10.9 Å². The molecule has 0 radical (unpaired) electrons. The Morgan fingerprint density at radius 2 is 1.96 bits per heavy atom. The van der Waals surface area contributed by atoms with E-state index in [4.69, 9.17) is 16.3 Å². The lowest BCUT2D eigenvalue weighted by atomic mass is 10.2. The Morgan fingerprint density at radius 3 is 2.68 bits per heavy atom. The molecule has 5 nitrogen and oxygen atoms in total. The second-order valence-corrected chi connectivity index (χ2v) is 8.17. The molecule has 0 N–H and O–H groups in total. The highest BCUT2D eigenvalue weighted by Gasteiger charge is 2.30. The number of nitrogens with zero attached hydrogens (tertiary/aromatic N) is 1. The van der Waals surface area contributed by atoms with Crippen molar-refractivity contribution in [1.82, 2.24) is 4.57 Å². The number of hydrogen-bond acceptors (Lipinski definition) is 4. The van der Waals surface area contributed by atoms with Crippen molar-refractivity contribution in [2.75, 3.05) is 0 Å². The fourth-order valence-corrected chi connectivity index (χ4v) is 4.48. The fraction of sp³-hybridized carbons (Fsp3) is 0.167. The zero-order valence-electron chi connectivity index (χ0n) is 13.4. The van der Waals surface area contributed by atoms with Crippen LogP contribution in [-0.2, 0) is 25.9 Å². The highest BCUT2D eigenvalue weighted by Crippen LogP contribution is 2.25. The Bertz CT molecular complexity index is 1030. The summed E-state index contributed by atoms with van der Waals surface area (Å²) < 4.78 is 32.4. The lowest BCUT2D eigenvalue weighted by Crippen LogP contribution is -2.29. The third kappa shape index (κ3) is 3.41. The molecule has 0 aliphatic carbocycles. The Morgan fingerprint density at radius 1 is 1.20 bits per heavy atom. The first-order valence-electron chi connectivity index (χ1n) is 7.56. The summed E-state index contributed by atoms with van der Waals surface area (Å²) in [4.78, 5) is 10.9. The van der Waals surface area contributed by atoms with Crippen molar-refractivity contribution in [3.63, 3.8) is 0 Å². The zero-order valence-corrected chi connectivity index (χ0v) is 15.0. The molecule has 25 heavy (non-hydrogen) atoms. The maximum Gasteiger partial charge on any atom is 0.294 e. The maximum atomic E-state index is 12.9. The third-order valence-corrected chi connectivity index (χ3v) is 6.11. The molecule has 3 aromatic rings. The predicted octanol–water partition coefficient (Wildman–Crippen LogP) is 3.58. The quantitative estimate of drug-likeness (QED) is 0.616. The predicted molar refractivity (Wildman–Crippen MR) is 96.2 cm³/mol. The molecule has 130 valence electrons. The topological polar surface area (TPSA) is 65.4 Å². The highest BCUT2D eigenvalue weighted by atomic mass is 35.5. The number of benzene rings is 2. The number of hydrogen-bond donors (Lipinski definition) is 0. The molecule has 3 rings (SSSR count). The van der Waals surface area contributed by atoms with Crippen LogP contribution in [0.2, 0.25) is 5.02 Å². The van der Waals surface area contributed by atoms with Gasteiger partial charge in [0, 0.05) is 22.1 Å². The Hall–Kier alpha value is -2.31. The van der Waals surface area contributed by atoms with E-state index in [9.17, 15) is 13.2 Å². The summed E-state index contributed by atoms with van der Waals surface area (Å²) in [5, 5.41) is 1.32. The van der Waals surface area contributed by atoms with Gasteiger partial charge in [0.2, 0.25) is 15.3 Å². The van der Waals surface area contributed by atoms with Gasteiger partial charge in [-0.05, 0) is 36.8 Å². The minimum Gasteiger partial charge on any atom is -0.446 e. The van der Waals surface area contributed by atoms with E-state index in [1.807, 2.05) is 37.4 Å². The molecular weight excluding hydrogens is 362 g/mol. The van der Waals surface area contributed by atoms with Crippen molar-refractivity contribution in [1.29, 1.82) is 0 Å². The normalized spacial score (nSPS) is 12.9. The van der Waals surface area contributed by atoms with Crippen molar-refractivity contribution >= 4 is 38.8 Å². The van der Waals surface area contributed by atoms with E-state index in [1.54, 1.807) is 16.7 Å². The summed E-state index contributed by atoms with van der Waals surface area (Å²) in [6.07, 6.45) is 1.85. The molecule has 1 unspecified atom stereocenters. The monoisotopic (exact) mass is 377 g/mol. The molecule has 7 heteroatoms. The van der Waals surface area contributed by atoms with Crippen molar-refractivity contribution in [3.05, 3.63) is 65.3 Å². The first kappa shape index (κ1) is 17.5. The van der Waals surface area contributed by atoms with Gasteiger partial charge in [-0.25, -0.2) is 8.42 Å². The summed E-state index contributed by atoms with van der Waals surface area (Å²) in [7, 11) is -3.90. The summed E-state index contributed by atoms with van der Waals surface area (Å²) in [5.41, 5.74) is 0.542. The van der Waals surface area contributed by atoms with Gasteiger partial charge in [0.15, 0.2) is 0 Å². The number of aromatic nitrogens is 1. The van der Waals surface area contributed by atoms with E-state index in [2.05, 4.69) is 0 Å². The van der Waals surface area contributed by atoms with Crippen molar-refractivity contribution in [2.24, 2.45) is 0 Å². The van der Waals surface area contributed by atoms with E-state index in [1.165, 1.54) is 12.1 Å². The molecule has 1 heterocycles. The molecule has 0 saturated heterocycles. The lowest BCUT2D eigenvalue weighted by Gasteiger charge is -2.17. The minimum atomic E-state index is -3.90. The molecule has 2 aromatic carbocycles.